The first kappa shape index (κ1) is 14.6. The van der Waals surface area contributed by atoms with Crippen LogP contribution in [0.25, 0.3) is 0 Å². The third kappa shape index (κ3) is 4.40. The van der Waals surface area contributed by atoms with E-state index in [2.05, 4.69) is 6.07 Å². The van der Waals surface area contributed by atoms with Gasteiger partial charge in [0.15, 0.2) is 0 Å². The molecule has 0 aromatic rings. The Kier molecular flexibility index (Phi) is 4.77. The van der Waals surface area contributed by atoms with Gasteiger partial charge in [-0.15, -0.1) is 0 Å². The molecule has 0 aromatic carbocycles. The maximum atomic E-state index is 11.9. The van der Waals surface area contributed by atoms with Gasteiger partial charge in [0.2, 0.25) is 0 Å². The van der Waals surface area contributed by atoms with Crippen LogP contribution in [0, 0.1) is 17.2 Å². The normalized spacial score (nSPS) is 18.4. The lowest BCUT2D eigenvalue weighted by molar-refractivity contribution is 0.0194. The highest BCUT2D eigenvalue weighted by Gasteiger charge is 2.27. The SMILES string of the molecule is C/C(=C\C#N)C1CCN(C(=O)OC(C)(C)C)CC1. The molecule has 1 amide bonds. The van der Waals surface area contributed by atoms with Crippen LogP contribution in [0.3, 0.4) is 0 Å². The maximum absolute atomic E-state index is 11.9. The molecule has 1 aliphatic heterocycles. The van der Waals surface area contributed by atoms with Crippen LogP contribution in [0.5, 0.6) is 0 Å². The van der Waals surface area contributed by atoms with Gasteiger partial charge in [0.05, 0.1) is 6.07 Å². The van der Waals surface area contributed by atoms with Crippen molar-refractivity contribution in [2.45, 2.75) is 46.1 Å². The summed E-state index contributed by atoms with van der Waals surface area (Å²) in [4.78, 5) is 13.6. The second kappa shape index (κ2) is 5.90. The van der Waals surface area contributed by atoms with Crippen LogP contribution in [0.1, 0.15) is 40.5 Å². The van der Waals surface area contributed by atoms with Crippen LogP contribution in [-0.4, -0.2) is 29.7 Å². The van der Waals surface area contributed by atoms with Crippen LogP contribution >= 0.6 is 0 Å². The molecule has 4 nitrogen and oxygen atoms in total. The Morgan fingerprint density at radius 1 is 1.39 bits per heavy atom. The molecule has 18 heavy (non-hydrogen) atoms. The number of piperidine rings is 1. The Morgan fingerprint density at radius 2 is 1.94 bits per heavy atom. The zero-order chi connectivity index (χ0) is 13.8. The van der Waals surface area contributed by atoms with Gasteiger partial charge >= 0.3 is 6.09 Å². The van der Waals surface area contributed by atoms with E-state index in [1.165, 1.54) is 0 Å². The van der Waals surface area contributed by atoms with Crippen LogP contribution in [0.4, 0.5) is 4.79 Å². The van der Waals surface area contributed by atoms with E-state index in [0.29, 0.717) is 19.0 Å². The lowest BCUT2D eigenvalue weighted by atomic mass is 9.90. The summed E-state index contributed by atoms with van der Waals surface area (Å²) in [6.45, 7) is 9.01. The van der Waals surface area contributed by atoms with Gasteiger partial charge in [-0.1, -0.05) is 5.57 Å². The fourth-order valence-corrected chi connectivity index (χ4v) is 2.06. The fourth-order valence-electron chi connectivity index (χ4n) is 2.06. The van der Waals surface area contributed by atoms with Crippen molar-refractivity contribution in [3.8, 4) is 6.07 Å². The first-order chi connectivity index (χ1) is 8.33. The highest BCUT2D eigenvalue weighted by atomic mass is 16.6. The molecule has 100 valence electrons. The van der Waals surface area contributed by atoms with Crippen LogP contribution in [0.15, 0.2) is 11.6 Å². The average Bonchev–Trinajstić information content (AvgIpc) is 2.27. The lowest BCUT2D eigenvalue weighted by Crippen LogP contribution is -2.41. The van der Waals surface area contributed by atoms with Crippen molar-refractivity contribution in [3.05, 3.63) is 11.6 Å². The standard InChI is InChI=1S/C14H22N2O2/c1-11(5-8-15)12-6-9-16(10-7-12)13(17)18-14(2,3)4/h5,12H,6-7,9-10H2,1-4H3/b11-5+. The Hall–Kier alpha value is -1.50. The maximum Gasteiger partial charge on any atom is 0.410 e. The van der Waals surface area contributed by atoms with Gasteiger partial charge in [-0.05, 0) is 46.5 Å². The number of allylic oxidation sites excluding steroid dienone is 2. The molecule has 0 spiro atoms. The van der Waals surface area contributed by atoms with E-state index in [4.69, 9.17) is 10.00 Å². The van der Waals surface area contributed by atoms with Crippen molar-refractivity contribution in [3.63, 3.8) is 0 Å². The molecule has 4 heteroatoms. The molecule has 0 aromatic heterocycles. The molecule has 1 heterocycles. The summed E-state index contributed by atoms with van der Waals surface area (Å²) in [7, 11) is 0. The minimum atomic E-state index is -0.440. The summed E-state index contributed by atoms with van der Waals surface area (Å²) in [6, 6.07) is 2.06. The monoisotopic (exact) mass is 250 g/mol. The number of hydrogen-bond acceptors (Lipinski definition) is 3. The summed E-state index contributed by atoms with van der Waals surface area (Å²) < 4.78 is 5.34. The molecule has 1 saturated heterocycles. The Labute approximate surface area is 109 Å². The third-order valence-corrected chi connectivity index (χ3v) is 3.08. The van der Waals surface area contributed by atoms with E-state index < -0.39 is 5.60 Å². The van der Waals surface area contributed by atoms with E-state index in [-0.39, 0.29) is 6.09 Å². The predicted octanol–water partition coefficient (Wildman–Crippen LogP) is 3.10. The van der Waals surface area contributed by atoms with Gasteiger partial charge in [0, 0.05) is 19.2 Å². The average molecular weight is 250 g/mol. The molecule has 0 saturated carbocycles. The summed E-state index contributed by atoms with van der Waals surface area (Å²) in [5, 5.41) is 8.62. The van der Waals surface area contributed by atoms with Crippen molar-refractivity contribution in [1.29, 1.82) is 5.26 Å². The molecule has 0 atom stereocenters. The Balaban J connectivity index is 2.47. The van der Waals surface area contributed by atoms with Gasteiger partial charge in [-0.25, -0.2) is 4.79 Å². The Morgan fingerprint density at radius 3 is 2.39 bits per heavy atom. The zero-order valence-corrected chi connectivity index (χ0v) is 11.7. The van der Waals surface area contributed by atoms with Crippen LogP contribution < -0.4 is 0 Å². The third-order valence-electron chi connectivity index (χ3n) is 3.08. The van der Waals surface area contributed by atoms with Crippen molar-refractivity contribution in [2.75, 3.05) is 13.1 Å². The number of hydrogen-bond donors (Lipinski definition) is 0. The number of nitrogens with zero attached hydrogens (tertiary/aromatic N) is 2. The molecule has 1 aliphatic rings. The highest BCUT2D eigenvalue weighted by molar-refractivity contribution is 5.68. The number of likely N-dealkylation sites (tertiary alicyclic amines) is 1. The van der Waals surface area contributed by atoms with E-state index in [1.807, 2.05) is 27.7 Å². The first-order valence-electron chi connectivity index (χ1n) is 6.37. The molecule has 0 aliphatic carbocycles. The van der Waals surface area contributed by atoms with Gasteiger partial charge < -0.3 is 9.64 Å². The van der Waals surface area contributed by atoms with E-state index >= 15 is 0 Å². The molecule has 1 rings (SSSR count). The molecule has 0 N–H and O–H groups in total. The molecule has 0 bridgehead atoms. The number of carbonyl (C=O) groups is 1. The van der Waals surface area contributed by atoms with E-state index in [0.717, 1.165) is 18.4 Å². The molecule has 0 unspecified atom stereocenters. The Bertz CT molecular complexity index is 366. The smallest absolute Gasteiger partial charge is 0.410 e. The molecular formula is C14H22N2O2. The minimum Gasteiger partial charge on any atom is -0.444 e. The van der Waals surface area contributed by atoms with Gasteiger partial charge in [0.1, 0.15) is 5.60 Å². The fraction of sp³-hybridized carbons (Fsp3) is 0.714. The van der Waals surface area contributed by atoms with Gasteiger partial charge in [-0.3, -0.25) is 0 Å². The van der Waals surface area contributed by atoms with E-state index in [1.54, 1.807) is 11.0 Å². The molecular weight excluding hydrogens is 228 g/mol. The zero-order valence-electron chi connectivity index (χ0n) is 11.7. The van der Waals surface area contributed by atoms with Crippen LogP contribution in [0.2, 0.25) is 0 Å². The topological polar surface area (TPSA) is 53.3 Å². The molecule has 1 fully saturated rings. The van der Waals surface area contributed by atoms with Crippen molar-refractivity contribution < 1.29 is 9.53 Å². The number of ether oxygens (including phenoxy) is 1. The second-order valence-electron chi connectivity index (χ2n) is 5.76. The number of nitriles is 1. The van der Waals surface area contributed by atoms with Crippen molar-refractivity contribution >= 4 is 6.09 Å². The second-order valence-corrected chi connectivity index (χ2v) is 5.76. The van der Waals surface area contributed by atoms with Crippen molar-refractivity contribution in [1.82, 2.24) is 4.90 Å². The predicted molar refractivity (Wildman–Crippen MR) is 69.9 cm³/mol. The van der Waals surface area contributed by atoms with Crippen LogP contribution in [-0.2, 0) is 4.74 Å². The largest absolute Gasteiger partial charge is 0.444 e. The summed E-state index contributed by atoms with van der Waals surface area (Å²) in [5.74, 6) is 0.420. The number of rotatable bonds is 1. The summed E-state index contributed by atoms with van der Waals surface area (Å²) in [6.07, 6.45) is 3.18. The summed E-state index contributed by atoms with van der Waals surface area (Å²) >= 11 is 0. The van der Waals surface area contributed by atoms with Gasteiger partial charge in [-0.2, -0.15) is 5.26 Å². The highest BCUT2D eigenvalue weighted by Crippen LogP contribution is 2.25. The number of carbonyl (C=O) groups excluding carboxylic acids is 1. The number of amides is 1. The van der Waals surface area contributed by atoms with Crippen molar-refractivity contribution in [2.24, 2.45) is 5.92 Å². The summed E-state index contributed by atoms with van der Waals surface area (Å²) in [5.41, 5.74) is 0.672. The first-order valence-corrected chi connectivity index (χ1v) is 6.37. The lowest BCUT2D eigenvalue weighted by Gasteiger charge is -2.33. The minimum absolute atomic E-state index is 0.233. The quantitative estimate of drug-likeness (QED) is 0.672. The van der Waals surface area contributed by atoms with E-state index in [9.17, 15) is 4.79 Å². The molecule has 0 radical (unpaired) electrons. The van der Waals surface area contributed by atoms with Gasteiger partial charge in [0.25, 0.3) is 0 Å².